The number of pyridine rings is 1. The van der Waals surface area contributed by atoms with E-state index in [9.17, 15) is 4.79 Å². The number of anilines is 2. The predicted octanol–water partition coefficient (Wildman–Crippen LogP) is 1.77. The fourth-order valence-corrected chi connectivity index (χ4v) is 4.77. The van der Waals surface area contributed by atoms with E-state index >= 15 is 0 Å². The lowest BCUT2D eigenvalue weighted by Gasteiger charge is -2.33. The monoisotopic (exact) mass is 378 g/mol. The number of fused-ring (bicyclic) bond motifs is 3. The second-order valence-electron chi connectivity index (χ2n) is 7.30. The minimum absolute atomic E-state index is 0.274. The molecule has 0 amide bonds. The van der Waals surface area contributed by atoms with Gasteiger partial charge in [0.1, 0.15) is 18.0 Å². The second-order valence-corrected chi connectivity index (χ2v) is 8.32. The fourth-order valence-electron chi connectivity index (χ4n) is 3.70. The van der Waals surface area contributed by atoms with E-state index in [1.165, 1.54) is 24.0 Å². The number of methoxy groups -OCH3 is 1. The molecular formula is C18H24N3O4S+. The van der Waals surface area contributed by atoms with Crippen molar-refractivity contribution in [3.05, 3.63) is 16.0 Å². The molecule has 0 aliphatic carbocycles. The van der Waals surface area contributed by atoms with E-state index in [-0.39, 0.29) is 5.60 Å². The van der Waals surface area contributed by atoms with Gasteiger partial charge in [-0.3, -0.25) is 4.90 Å². The molecule has 0 atom stereocenters. The molecule has 2 aliphatic rings. The highest BCUT2D eigenvalue weighted by molar-refractivity contribution is 7.20. The van der Waals surface area contributed by atoms with Gasteiger partial charge in [0.25, 0.3) is 5.82 Å². The van der Waals surface area contributed by atoms with Crippen LogP contribution in [0.2, 0.25) is 0 Å². The highest BCUT2D eigenvalue weighted by Gasteiger charge is 2.36. The Balaban J connectivity index is 1.95. The summed E-state index contributed by atoms with van der Waals surface area (Å²) >= 11 is 1.35. The number of nitrogens with two attached hydrogens (primary N) is 1. The Morgan fingerprint density at radius 1 is 1.31 bits per heavy atom. The molecule has 1 fully saturated rings. The Labute approximate surface area is 156 Å². The van der Waals surface area contributed by atoms with Gasteiger partial charge in [-0.05, 0) is 19.4 Å². The molecule has 3 N–H and O–H groups in total. The average Bonchev–Trinajstić information content (AvgIpc) is 2.97. The second kappa shape index (κ2) is 6.37. The van der Waals surface area contributed by atoms with Crippen LogP contribution < -0.4 is 15.6 Å². The molecule has 0 saturated carbocycles. The Morgan fingerprint density at radius 3 is 2.73 bits per heavy atom. The van der Waals surface area contributed by atoms with Crippen molar-refractivity contribution in [2.24, 2.45) is 0 Å². The lowest BCUT2D eigenvalue weighted by atomic mass is 9.89. The van der Waals surface area contributed by atoms with E-state index in [4.69, 9.17) is 19.9 Å². The number of nitrogen functional groups attached to an aromatic ring is 1. The van der Waals surface area contributed by atoms with Crippen molar-refractivity contribution in [2.45, 2.75) is 32.5 Å². The number of carbonyl (C=O) groups is 1. The molecule has 0 aromatic carbocycles. The van der Waals surface area contributed by atoms with Gasteiger partial charge in [0.2, 0.25) is 0 Å². The van der Waals surface area contributed by atoms with Crippen molar-refractivity contribution >= 4 is 39.0 Å². The van der Waals surface area contributed by atoms with E-state index in [0.717, 1.165) is 41.1 Å². The van der Waals surface area contributed by atoms with Crippen LogP contribution in [0.5, 0.6) is 0 Å². The van der Waals surface area contributed by atoms with Crippen LogP contribution in [0.15, 0.2) is 0 Å². The molecular weight excluding hydrogens is 354 g/mol. The number of morpholine rings is 1. The Kier molecular flexibility index (Phi) is 4.29. The molecule has 140 valence electrons. The lowest BCUT2D eigenvalue weighted by molar-refractivity contribution is -0.329. The third-order valence-corrected chi connectivity index (χ3v) is 6.14. The normalized spacial score (nSPS) is 19.4. The third-order valence-electron chi connectivity index (χ3n) is 5.04. The summed E-state index contributed by atoms with van der Waals surface area (Å²) in [5.74, 6) is 0.647. The Hall–Kier alpha value is -1.90. The van der Waals surface area contributed by atoms with Crippen LogP contribution in [-0.4, -0.2) is 45.0 Å². The van der Waals surface area contributed by atoms with Crippen LogP contribution in [0, 0.1) is 0 Å². The van der Waals surface area contributed by atoms with Crippen LogP contribution in [0.25, 0.3) is 10.2 Å². The van der Waals surface area contributed by atoms with Crippen LogP contribution in [0.3, 0.4) is 0 Å². The molecule has 0 bridgehead atoms. The smallest absolute Gasteiger partial charge is 0.350 e. The SMILES string of the molecule is COC(=O)c1sc2[nH+]c(N3CCOCC3)c3c(c2c1N)CC(C)(C)OC3. The topological polar surface area (TPSA) is 88.2 Å². The number of hydrogen-bond acceptors (Lipinski definition) is 7. The molecule has 8 heteroatoms. The number of hydrogen-bond donors (Lipinski definition) is 1. The number of rotatable bonds is 2. The molecule has 4 rings (SSSR count). The number of aromatic nitrogens is 1. The fraction of sp³-hybridized carbons (Fsp3) is 0.556. The number of carbonyl (C=O) groups excluding carboxylic acids is 1. The van der Waals surface area contributed by atoms with Crippen molar-refractivity contribution in [3.8, 4) is 0 Å². The highest BCUT2D eigenvalue weighted by Crippen LogP contribution is 2.42. The van der Waals surface area contributed by atoms with Gasteiger partial charge in [-0.15, -0.1) is 0 Å². The summed E-state index contributed by atoms with van der Waals surface area (Å²) in [7, 11) is 1.38. The van der Waals surface area contributed by atoms with Crippen LogP contribution in [0.1, 0.15) is 34.6 Å². The first-order valence-corrected chi connectivity index (χ1v) is 9.57. The molecule has 0 unspecified atom stereocenters. The predicted molar refractivity (Wildman–Crippen MR) is 99.7 cm³/mol. The summed E-state index contributed by atoms with van der Waals surface area (Å²) in [6.45, 7) is 7.72. The van der Waals surface area contributed by atoms with Crippen molar-refractivity contribution in [2.75, 3.05) is 44.0 Å². The quantitative estimate of drug-likeness (QED) is 0.802. The molecule has 0 radical (unpaired) electrons. The summed E-state index contributed by atoms with van der Waals surface area (Å²) < 4.78 is 16.5. The zero-order valence-electron chi connectivity index (χ0n) is 15.3. The van der Waals surface area contributed by atoms with Gasteiger partial charge < -0.3 is 19.9 Å². The maximum atomic E-state index is 12.1. The lowest BCUT2D eigenvalue weighted by Crippen LogP contribution is -2.42. The number of aromatic amines is 1. The van der Waals surface area contributed by atoms with E-state index in [1.54, 1.807) is 0 Å². The zero-order valence-corrected chi connectivity index (χ0v) is 16.1. The Morgan fingerprint density at radius 2 is 2.04 bits per heavy atom. The first kappa shape index (κ1) is 17.5. The van der Waals surface area contributed by atoms with E-state index in [1.807, 2.05) is 0 Å². The summed E-state index contributed by atoms with van der Waals surface area (Å²) in [5.41, 5.74) is 8.88. The number of thiophene rings is 1. The molecule has 4 heterocycles. The van der Waals surface area contributed by atoms with Gasteiger partial charge in [-0.2, -0.15) is 0 Å². The third kappa shape index (κ3) is 2.82. The van der Waals surface area contributed by atoms with Crippen molar-refractivity contribution < 1.29 is 24.0 Å². The van der Waals surface area contributed by atoms with Crippen LogP contribution in [0.4, 0.5) is 11.5 Å². The maximum absolute atomic E-state index is 12.1. The maximum Gasteiger partial charge on any atom is 0.350 e. The standard InChI is InChI=1S/C18H23N3O4S/c1-18(2)8-10-11(9-25-18)15(21-4-6-24-7-5-21)20-16-12(10)13(19)14(26-16)17(22)23-3/h4-9,19H2,1-3H3/p+1. The van der Waals surface area contributed by atoms with Gasteiger partial charge in [-0.1, -0.05) is 11.3 Å². The van der Waals surface area contributed by atoms with Crippen molar-refractivity contribution in [1.29, 1.82) is 0 Å². The molecule has 26 heavy (non-hydrogen) atoms. The number of H-pyrrole nitrogens is 1. The molecule has 2 aliphatic heterocycles. The summed E-state index contributed by atoms with van der Waals surface area (Å²) in [4.78, 5) is 19.3. The molecule has 2 aromatic heterocycles. The van der Waals surface area contributed by atoms with Gasteiger partial charge in [0.05, 0.1) is 49.2 Å². The molecule has 7 nitrogen and oxygen atoms in total. The van der Waals surface area contributed by atoms with Gasteiger partial charge in [0.15, 0.2) is 4.83 Å². The highest BCUT2D eigenvalue weighted by atomic mass is 32.1. The minimum Gasteiger partial charge on any atom is -0.465 e. The van der Waals surface area contributed by atoms with Crippen LogP contribution >= 0.6 is 11.3 Å². The number of ether oxygens (including phenoxy) is 3. The van der Waals surface area contributed by atoms with Crippen LogP contribution in [-0.2, 0) is 27.2 Å². The van der Waals surface area contributed by atoms with Gasteiger partial charge >= 0.3 is 5.97 Å². The zero-order chi connectivity index (χ0) is 18.5. The first-order chi connectivity index (χ1) is 12.4. The summed E-state index contributed by atoms with van der Waals surface area (Å²) in [6, 6.07) is 0. The molecule has 2 aromatic rings. The largest absolute Gasteiger partial charge is 0.465 e. The van der Waals surface area contributed by atoms with Crippen molar-refractivity contribution in [1.82, 2.24) is 0 Å². The van der Waals surface area contributed by atoms with Gasteiger partial charge in [0, 0.05) is 6.42 Å². The Bertz CT molecular complexity index is 871. The summed E-state index contributed by atoms with van der Waals surface area (Å²) in [6.07, 6.45) is 0.742. The molecule has 1 saturated heterocycles. The first-order valence-electron chi connectivity index (χ1n) is 8.75. The van der Waals surface area contributed by atoms with E-state index in [0.29, 0.717) is 30.4 Å². The number of nitrogens with one attached hydrogen (secondary N) is 1. The number of esters is 1. The minimum atomic E-state index is -0.398. The van der Waals surface area contributed by atoms with E-state index in [2.05, 4.69) is 23.7 Å². The van der Waals surface area contributed by atoms with Crippen molar-refractivity contribution in [3.63, 3.8) is 0 Å². The summed E-state index contributed by atoms with van der Waals surface area (Å²) in [5, 5.41) is 0.929. The molecule has 0 spiro atoms. The van der Waals surface area contributed by atoms with E-state index < -0.39 is 5.97 Å². The number of nitrogens with zero attached hydrogens (tertiary/aromatic N) is 1. The van der Waals surface area contributed by atoms with Gasteiger partial charge in [-0.25, -0.2) is 9.78 Å². The average molecular weight is 378 g/mol.